The number of hydrogen-bond donors (Lipinski definition) is 4. The number of anilines is 4. The Morgan fingerprint density at radius 2 is 1.64 bits per heavy atom. The zero-order chi connectivity index (χ0) is 19.8. The molecule has 1 heterocycles. The molecule has 0 spiro atoms. The van der Waals surface area contributed by atoms with Gasteiger partial charge in [-0.3, -0.25) is 0 Å². The summed E-state index contributed by atoms with van der Waals surface area (Å²) in [4.78, 5) is 8.82. The van der Waals surface area contributed by atoms with Gasteiger partial charge in [0.25, 0.3) is 0 Å². The van der Waals surface area contributed by atoms with E-state index in [0.29, 0.717) is 35.6 Å². The summed E-state index contributed by atoms with van der Waals surface area (Å²) in [7, 11) is 3.25. The number of nitrogen functional groups attached to an aromatic ring is 1. The molecular formula is C20H24N6O2. The fourth-order valence-corrected chi connectivity index (χ4v) is 2.69. The van der Waals surface area contributed by atoms with Crippen LogP contribution < -0.4 is 31.4 Å². The molecule has 8 heteroatoms. The normalized spacial score (nSPS) is 10.2. The molecule has 0 atom stereocenters. The van der Waals surface area contributed by atoms with Gasteiger partial charge in [0.15, 0.2) is 11.5 Å². The Morgan fingerprint density at radius 1 is 0.893 bits per heavy atom. The highest BCUT2D eigenvalue weighted by Crippen LogP contribution is 2.27. The molecule has 0 saturated heterocycles. The third-order valence-electron chi connectivity index (χ3n) is 4.07. The smallest absolute Gasteiger partial charge is 0.231 e. The first-order valence-electron chi connectivity index (χ1n) is 8.84. The van der Waals surface area contributed by atoms with Crippen LogP contribution in [0.2, 0.25) is 0 Å². The molecule has 2 aromatic carbocycles. The van der Waals surface area contributed by atoms with E-state index in [9.17, 15) is 0 Å². The SMILES string of the molecule is COc1ccc(CCNc2cc(NN)nc(Nc3ccccc3)n2)cc1OC. The summed E-state index contributed by atoms with van der Waals surface area (Å²) in [6.07, 6.45) is 0.789. The predicted octanol–water partition coefficient (Wildman–Crippen LogP) is 3.18. The Hall–Kier alpha value is -3.52. The molecule has 0 aliphatic carbocycles. The predicted molar refractivity (Wildman–Crippen MR) is 111 cm³/mol. The van der Waals surface area contributed by atoms with Gasteiger partial charge in [-0.05, 0) is 36.2 Å². The van der Waals surface area contributed by atoms with Crippen LogP contribution in [0.1, 0.15) is 5.56 Å². The van der Waals surface area contributed by atoms with E-state index in [1.54, 1.807) is 20.3 Å². The highest BCUT2D eigenvalue weighted by atomic mass is 16.5. The molecular weight excluding hydrogens is 356 g/mol. The molecule has 0 bridgehead atoms. The number of nitrogens with zero attached hydrogens (tertiary/aromatic N) is 2. The summed E-state index contributed by atoms with van der Waals surface area (Å²) in [6, 6.07) is 17.3. The zero-order valence-electron chi connectivity index (χ0n) is 15.9. The van der Waals surface area contributed by atoms with Gasteiger partial charge in [-0.1, -0.05) is 24.3 Å². The Balaban J connectivity index is 1.66. The highest BCUT2D eigenvalue weighted by Gasteiger charge is 2.07. The van der Waals surface area contributed by atoms with Crippen LogP contribution in [0.5, 0.6) is 11.5 Å². The number of benzene rings is 2. The summed E-state index contributed by atoms with van der Waals surface area (Å²) in [5.41, 5.74) is 4.59. The summed E-state index contributed by atoms with van der Waals surface area (Å²) in [6.45, 7) is 0.682. The summed E-state index contributed by atoms with van der Waals surface area (Å²) in [5, 5.41) is 6.47. The second-order valence-corrected chi connectivity index (χ2v) is 5.96. The highest BCUT2D eigenvalue weighted by molar-refractivity contribution is 5.58. The van der Waals surface area contributed by atoms with E-state index in [4.69, 9.17) is 15.3 Å². The van der Waals surface area contributed by atoms with E-state index >= 15 is 0 Å². The number of methoxy groups -OCH3 is 2. The van der Waals surface area contributed by atoms with Crippen molar-refractivity contribution in [3.05, 3.63) is 60.2 Å². The van der Waals surface area contributed by atoms with Crippen LogP contribution in [-0.2, 0) is 6.42 Å². The van der Waals surface area contributed by atoms with Crippen molar-refractivity contribution < 1.29 is 9.47 Å². The van der Waals surface area contributed by atoms with E-state index in [2.05, 4.69) is 26.0 Å². The minimum atomic E-state index is 0.454. The Kier molecular flexibility index (Phi) is 6.48. The molecule has 0 saturated carbocycles. The van der Waals surface area contributed by atoms with Gasteiger partial charge < -0.3 is 25.5 Å². The van der Waals surface area contributed by atoms with E-state index in [1.165, 1.54) is 0 Å². The van der Waals surface area contributed by atoms with Crippen LogP contribution in [0.15, 0.2) is 54.6 Å². The Morgan fingerprint density at radius 3 is 2.36 bits per heavy atom. The fourth-order valence-electron chi connectivity index (χ4n) is 2.69. The summed E-state index contributed by atoms with van der Waals surface area (Å²) < 4.78 is 10.6. The van der Waals surface area contributed by atoms with Crippen molar-refractivity contribution >= 4 is 23.3 Å². The minimum Gasteiger partial charge on any atom is -0.493 e. The molecule has 5 N–H and O–H groups in total. The molecule has 0 aliphatic rings. The zero-order valence-corrected chi connectivity index (χ0v) is 15.9. The van der Waals surface area contributed by atoms with Crippen molar-refractivity contribution in [2.75, 3.05) is 36.8 Å². The molecule has 0 aliphatic heterocycles. The topological polar surface area (TPSA) is 106 Å². The average molecular weight is 380 g/mol. The van der Waals surface area contributed by atoms with Gasteiger partial charge >= 0.3 is 0 Å². The number of rotatable bonds is 9. The lowest BCUT2D eigenvalue weighted by molar-refractivity contribution is 0.354. The van der Waals surface area contributed by atoms with E-state index in [0.717, 1.165) is 17.7 Å². The summed E-state index contributed by atoms with van der Waals surface area (Å²) in [5.74, 6) is 8.60. The van der Waals surface area contributed by atoms with Crippen LogP contribution in [0.3, 0.4) is 0 Å². The molecule has 0 unspecified atom stereocenters. The molecule has 0 amide bonds. The van der Waals surface area contributed by atoms with E-state index in [1.807, 2.05) is 48.5 Å². The number of hydrazine groups is 1. The van der Waals surface area contributed by atoms with Crippen LogP contribution in [0, 0.1) is 0 Å². The van der Waals surface area contributed by atoms with Gasteiger partial charge in [-0.15, -0.1) is 0 Å². The molecule has 8 nitrogen and oxygen atoms in total. The maximum absolute atomic E-state index is 5.54. The van der Waals surface area contributed by atoms with Crippen molar-refractivity contribution in [2.45, 2.75) is 6.42 Å². The van der Waals surface area contributed by atoms with Gasteiger partial charge in [0.05, 0.1) is 14.2 Å². The van der Waals surface area contributed by atoms with Gasteiger partial charge in [-0.25, -0.2) is 5.84 Å². The van der Waals surface area contributed by atoms with Gasteiger partial charge in [0, 0.05) is 18.3 Å². The molecule has 146 valence electrons. The van der Waals surface area contributed by atoms with Gasteiger partial charge in [0.2, 0.25) is 5.95 Å². The first-order chi connectivity index (χ1) is 13.7. The number of nitrogens with one attached hydrogen (secondary N) is 3. The minimum absolute atomic E-state index is 0.454. The van der Waals surface area contributed by atoms with Crippen LogP contribution >= 0.6 is 0 Å². The van der Waals surface area contributed by atoms with Crippen LogP contribution in [-0.4, -0.2) is 30.7 Å². The average Bonchev–Trinajstić information content (AvgIpc) is 2.74. The number of nitrogens with two attached hydrogens (primary N) is 1. The van der Waals surface area contributed by atoms with Gasteiger partial charge in [-0.2, -0.15) is 9.97 Å². The maximum atomic E-state index is 5.54. The molecule has 3 rings (SSSR count). The molecule has 1 aromatic heterocycles. The van der Waals surface area contributed by atoms with E-state index < -0.39 is 0 Å². The number of aromatic nitrogens is 2. The Labute approximate surface area is 164 Å². The van der Waals surface area contributed by atoms with Crippen LogP contribution in [0.25, 0.3) is 0 Å². The van der Waals surface area contributed by atoms with E-state index in [-0.39, 0.29) is 0 Å². The second-order valence-electron chi connectivity index (χ2n) is 5.96. The molecule has 28 heavy (non-hydrogen) atoms. The third kappa shape index (κ3) is 5.01. The lowest BCUT2D eigenvalue weighted by atomic mass is 10.1. The lowest BCUT2D eigenvalue weighted by Gasteiger charge is -2.12. The third-order valence-corrected chi connectivity index (χ3v) is 4.07. The first-order valence-corrected chi connectivity index (χ1v) is 8.84. The quantitative estimate of drug-likeness (QED) is 0.331. The Bertz CT molecular complexity index is 904. The number of hydrogen-bond acceptors (Lipinski definition) is 8. The van der Waals surface area contributed by atoms with Gasteiger partial charge in [0.1, 0.15) is 11.6 Å². The number of para-hydroxylation sites is 1. The van der Waals surface area contributed by atoms with Crippen molar-refractivity contribution in [2.24, 2.45) is 5.84 Å². The fraction of sp³-hybridized carbons (Fsp3) is 0.200. The maximum Gasteiger partial charge on any atom is 0.231 e. The molecule has 3 aromatic rings. The number of ether oxygens (including phenoxy) is 2. The van der Waals surface area contributed by atoms with Crippen molar-refractivity contribution in [1.82, 2.24) is 9.97 Å². The monoisotopic (exact) mass is 380 g/mol. The molecule has 0 fully saturated rings. The standard InChI is InChI=1S/C20H24N6O2/c1-27-16-9-8-14(12-17(16)28-2)10-11-22-18-13-19(26-21)25-20(24-18)23-15-6-4-3-5-7-15/h3-9,12-13H,10-11,21H2,1-2H3,(H3,22,23,24,25,26). The molecule has 0 radical (unpaired) electrons. The largest absolute Gasteiger partial charge is 0.493 e. The summed E-state index contributed by atoms with van der Waals surface area (Å²) >= 11 is 0. The van der Waals surface area contributed by atoms with Crippen molar-refractivity contribution in [3.8, 4) is 11.5 Å². The van der Waals surface area contributed by atoms with Crippen molar-refractivity contribution in [1.29, 1.82) is 0 Å². The lowest BCUT2D eigenvalue weighted by Crippen LogP contribution is -2.13. The second kappa shape index (κ2) is 9.43. The van der Waals surface area contributed by atoms with Crippen LogP contribution in [0.4, 0.5) is 23.3 Å². The van der Waals surface area contributed by atoms with Crippen molar-refractivity contribution in [3.63, 3.8) is 0 Å². The first kappa shape index (κ1) is 19.2.